The molecule has 0 saturated heterocycles. The van der Waals surface area contributed by atoms with Gasteiger partial charge in [-0.3, -0.25) is 4.79 Å². The molecule has 1 aromatic rings. The van der Waals surface area contributed by atoms with Crippen LogP contribution in [0.15, 0.2) is 36.4 Å². The second-order valence-corrected chi connectivity index (χ2v) is 3.09. The fraction of sp³-hybridized carbons (Fsp3) is 0.167. The molecule has 0 bridgehead atoms. The van der Waals surface area contributed by atoms with Gasteiger partial charge in [0.25, 0.3) is 0 Å². The highest BCUT2D eigenvalue weighted by molar-refractivity contribution is 6.03. The van der Waals surface area contributed by atoms with Crippen LogP contribution in [-0.4, -0.2) is 23.6 Å². The first-order valence-electron chi connectivity index (χ1n) is 5.07. The molecule has 1 amide bonds. The Kier molecular flexibility index (Phi) is 4.75. The summed E-state index contributed by atoms with van der Waals surface area (Å²) in [6, 6.07) is 6.93. The van der Waals surface area contributed by atoms with E-state index >= 15 is 0 Å². The van der Waals surface area contributed by atoms with E-state index in [-0.39, 0.29) is 0 Å². The van der Waals surface area contributed by atoms with Gasteiger partial charge in [-0.05, 0) is 19.1 Å². The van der Waals surface area contributed by atoms with Crippen molar-refractivity contribution in [1.29, 1.82) is 0 Å². The molecule has 0 aromatic heterocycles. The number of carbonyl (C=O) groups is 2. The van der Waals surface area contributed by atoms with E-state index < -0.39 is 11.9 Å². The van der Waals surface area contributed by atoms with Gasteiger partial charge in [-0.1, -0.05) is 12.1 Å². The summed E-state index contributed by atoms with van der Waals surface area (Å²) in [6.07, 6.45) is 1.73. The van der Waals surface area contributed by atoms with Crippen LogP contribution in [0.2, 0.25) is 0 Å². The molecule has 0 aliphatic rings. The van der Waals surface area contributed by atoms with Crippen LogP contribution in [0.5, 0.6) is 5.75 Å². The molecule has 0 heterocycles. The van der Waals surface area contributed by atoms with Crippen LogP contribution in [0.3, 0.4) is 0 Å². The predicted molar refractivity (Wildman–Crippen MR) is 63.0 cm³/mol. The first-order valence-corrected chi connectivity index (χ1v) is 5.07. The molecular formula is C12H13NO4. The van der Waals surface area contributed by atoms with Crippen LogP contribution >= 0.6 is 0 Å². The second kappa shape index (κ2) is 6.32. The van der Waals surface area contributed by atoms with Crippen molar-refractivity contribution in [3.63, 3.8) is 0 Å². The van der Waals surface area contributed by atoms with E-state index in [9.17, 15) is 9.59 Å². The van der Waals surface area contributed by atoms with Crippen LogP contribution < -0.4 is 10.1 Å². The minimum Gasteiger partial charge on any atom is -0.492 e. The molecule has 0 aliphatic carbocycles. The van der Waals surface area contributed by atoms with Gasteiger partial charge in [0.2, 0.25) is 5.91 Å². The molecule has 0 aliphatic heterocycles. The largest absolute Gasteiger partial charge is 0.492 e. The normalized spacial score (nSPS) is 10.2. The lowest BCUT2D eigenvalue weighted by molar-refractivity contribution is -0.131. The average molecular weight is 235 g/mol. The monoisotopic (exact) mass is 235 g/mol. The number of carboxylic acid groups (broad SMARTS) is 1. The number of hydrogen-bond donors (Lipinski definition) is 2. The summed E-state index contributed by atoms with van der Waals surface area (Å²) in [5, 5.41) is 10.9. The average Bonchev–Trinajstić information content (AvgIpc) is 2.29. The van der Waals surface area contributed by atoms with Crippen molar-refractivity contribution in [1.82, 2.24) is 0 Å². The Bertz CT molecular complexity index is 440. The van der Waals surface area contributed by atoms with Gasteiger partial charge in [-0.15, -0.1) is 0 Å². The van der Waals surface area contributed by atoms with Crippen LogP contribution in [-0.2, 0) is 9.59 Å². The first-order chi connectivity index (χ1) is 8.13. The highest BCUT2D eigenvalue weighted by Gasteiger charge is 2.04. The van der Waals surface area contributed by atoms with Crippen LogP contribution in [0.4, 0.5) is 5.69 Å². The number of amides is 1. The lowest BCUT2D eigenvalue weighted by Gasteiger charge is -2.09. The number of benzene rings is 1. The Morgan fingerprint density at radius 3 is 2.71 bits per heavy atom. The molecule has 5 nitrogen and oxygen atoms in total. The Labute approximate surface area is 98.7 Å². The van der Waals surface area contributed by atoms with Gasteiger partial charge in [-0.2, -0.15) is 0 Å². The van der Waals surface area contributed by atoms with Crippen LogP contribution in [0.1, 0.15) is 6.92 Å². The molecule has 5 heteroatoms. The summed E-state index contributed by atoms with van der Waals surface area (Å²) in [4.78, 5) is 21.6. The number of anilines is 1. The third kappa shape index (κ3) is 4.38. The number of nitrogens with one attached hydrogen (secondary N) is 1. The molecule has 90 valence electrons. The van der Waals surface area contributed by atoms with E-state index in [4.69, 9.17) is 9.84 Å². The molecule has 0 fully saturated rings. The van der Waals surface area contributed by atoms with Gasteiger partial charge >= 0.3 is 5.97 Å². The second-order valence-electron chi connectivity index (χ2n) is 3.09. The van der Waals surface area contributed by atoms with Gasteiger partial charge in [-0.25, -0.2) is 4.79 Å². The van der Waals surface area contributed by atoms with Crippen molar-refractivity contribution in [3.8, 4) is 5.75 Å². The fourth-order valence-electron chi connectivity index (χ4n) is 1.17. The van der Waals surface area contributed by atoms with Crippen molar-refractivity contribution >= 4 is 17.6 Å². The maximum absolute atomic E-state index is 11.4. The molecule has 2 N–H and O–H groups in total. The standard InChI is InChI=1S/C12H13NO4/c1-2-17-10-6-4-3-5-9(10)13-11(14)7-8-12(15)16/h3-8H,2H2,1H3,(H,13,14)(H,15,16). The van der Waals surface area contributed by atoms with Crippen molar-refractivity contribution in [2.45, 2.75) is 6.92 Å². The minimum atomic E-state index is -1.17. The number of hydrogen-bond acceptors (Lipinski definition) is 3. The molecule has 1 aromatic carbocycles. The third-order valence-corrected chi connectivity index (χ3v) is 1.82. The van der Waals surface area contributed by atoms with Crippen molar-refractivity contribution in [2.24, 2.45) is 0 Å². The molecule has 0 unspecified atom stereocenters. The number of para-hydroxylation sites is 2. The highest BCUT2D eigenvalue weighted by Crippen LogP contribution is 2.23. The van der Waals surface area contributed by atoms with E-state index in [1.54, 1.807) is 24.3 Å². The molecule has 0 atom stereocenters. The zero-order valence-electron chi connectivity index (χ0n) is 9.34. The molecule has 0 saturated carbocycles. The molecule has 1 rings (SSSR count). The summed E-state index contributed by atoms with van der Waals surface area (Å²) in [7, 11) is 0. The first kappa shape index (κ1) is 12.8. The zero-order chi connectivity index (χ0) is 12.7. The Balaban J connectivity index is 2.74. The van der Waals surface area contributed by atoms with Gasteiger partial charge in [0.1, 0.15) is 5.75 Å². The van der Waals surface area contributed by atoms with Gasteiger partial charge in [0, 0.05) is 12.2 Å². The van der Waals surface area contributed by atoms with Crippen LogP contribution in [0, 0.1) is 0 Å². The van der Waals surface area contributed by atoms with E-state index in [1.807, 2.05) is 6.92 Å². The number of carbonyl (C=O) groups excluding carboxylic acids is 1. The van der Waals surface area contributed by atoms with Crippen LogP contribution in [0.25, 0.3) is 0 Å². The molecule has 0 spiro atoms. The van der Waals surface area contributed by atoms with Gasteiger partial charge < -0.3 is 15.2 Å². The number of carboxylic acids is 1. The SMILES string of the molecule is CCOc1ccccc1NC(=O)C=CC(=O)O. The molecule has 17 heavy (non-hydrogen) atoms. The van der Waals surface area contributed by atoms with E-state index in [0.29, 0.717) is 18.0 Å². The molecular weight excluding hydrogens is 222 g/mol. The van der Waals surface area contributed by atoms with E-state index in [2.05, 4.69) is 5.32 Å². The number of ether oxygens (including phenoxy) is 1. The zero-order valence-corrected chi connectivity index (χ0v) is 9.34. The third-order valence-electron chi connectivity index (χ3n) is 1.82. The quantitative estimate of drug-likeness (QED) is 0.761. The summed E-state index contributed by atoms with van der Waals surface area (Å²) >= 11 is 0. The Hall–Kier alpha value is -2.30. The Morgan fingerprint density at radius 1 is 1.35 bits per heavy atom. The Morgan fingerprint density at radius 2 is 2.06 bits per heavy atom. The predicted octanol–water partition coefficient (Wildman–Crippen LogP) is 1.66. The summed E-state index contributed by atoms with van der Waals surface area (Å²) in [5.74, 6) is -1.13. The lowest BCUT2D eigenvalue weighted by atomic mass is 10.3. The maximum Gasteiger partial charge on any atom is 0.328 e. The summed E-state index contributed by atoms with van der Waals surface area (Å²) < 4.78 is 5.31. The van der Waals surface area contributed by atoms with Gasteiger partial charge in [0.15, 0.2) is 0 Å². The van der Waals surface area contributed by atoms with Crippen molar-refractivity contribution < 1.29 is 19.4 Å². The van der Waals surface area contributed by atoms with Gasteiger partial charge in [0.05, 0.1) is 12.3 Å². The summed E-state index contributed by atoms with van der Waals surface area (Å²) in [6.45, 7) is 2.32. The number of aliphatic carboxylic acids is 1. The molecule has 0 radical (unpaired) electrons. The van der Waals surface area contributed by atoms with Crippen molar-refractivity contribution in [2.75, 3.05) is 11.9 Å². The smallest absolute Gasteiger partial charge is 0.328 e. The minimum absolute atomic E-state index is 0.484. The maximum atomic E-state index is 11.4. The van der Waals surface area contributed by atoms with Crippen molar-refractivity contribution in [3.05, 3.63) is 36.4 Å². The lowest BCUT2D eigenvalue weighted by Crippen LogP contribution is -2.10. The summed E-state index contributed by atoms with van der Waals surface area (Å²) in [5.41, 5.74) is 0.509. The number of rotatable bonds is 5. The van der Waals surface area contributed by atoms with E-state index in [0.717, 1.165) is 12.2 Å². The fourth-order valence-corrected chi connectivity index (χ4v) is 1.17. The van der Waals surface area contributed by atoms with E-state index in [1.165, 1.54) is 0 Å². The highest BCUT2D eigenvalue weighted by atomic mass is 16.5. The topological polar surface area (TPSA) is 75.6 Å².